The first-order valence-electron chi connectivity index (χ1n) is 5.99. The molecule has 0 aromatic carbocycles. The van der Waals surface area contributed by atoms with Gasteiger partial charge in [0.05, 0.1) is 0 Å². The van der Waals surface area contributed by atoms with Gasteiger partial charge in [-0.05, 0) is 18.8 Å². The van der Waals surface area contributed by atoms with Gasteiger partial charge in [-0.2, -0.15) is 0 Å². The Morgan fingerprint density at radius 2 is 1.60 bits per heavy atom. The minimum Gasteiger partial charge on any atom is -0.481 e. The standard InChI is InChI=1S/C12H24O3/c1-11(10-13)8-6-4-2-3-5-7-9-12(14)15/h11,13H,2-10H2,1H3,(H,14,15). The topological polar surface area (TPSA) is 57.5 Å². The number of aliphatic hydroxyl groups is 1. The van der Waals surface area contributed by atoms with Crippen LogP contribution < -0.4 is 0 Å². The predicted molar refractivity (Wildman–Crippen MR) is 60.8 cm³/mol. The van der Waals surface area contributed by atoms with Crippen molar-refractivity contribution in [3.05, 3.63) is 0 Å². The molecule has 0 aliphatic carbocycles. The minimum absolute atomic E-state index is 0.290. The van der Waals surface area contributed by atoms with Crippen molar-refractivity contribution < 1.29 is 15.0 Å². The second-order valence-corrected chi connectivity index (χ2v) is 4.34. The molecule has 2 N–H and O–H groups in total. The van der Waals surface area contributed by atoms with Gasteiger partial charge in [0.25, 0.3) is 0 Å². The van der Waals surface area contributed by atoms with Crippen LogP contribution in [0.15, 0.2) is 0 Å². The first kappa shape index (κ1) is 14.4. The van der Waals surface area contributed by atoms with Gasteiger partial charge in [0.2, 0.25) is 0 Å². The van der Waals surface area contributed by atoms with Gasteiger partial charge in [-0.15, -0.1) is 0 Å². The van der Waals surface area contributed by atoms with E-state index in [2.05, 4.69) is 6.92 Å². The first-order chi connectivity index (χ1) is 7.16. The summed E-state index contributed by atoms with van der Waals surface area (Å²) in [7, 11) is 0. The van der Waals surface area contributed by atoms with Crippen molar-refractivity contribution in [2.24, 2.45) is 5.92 Å². The summed E-state index contributed by atoms with van der Waals surface area (Å²) in [4.78, 5) is 10.2. The predicted octanol–water partition coefficient (Wildman–Crippen LogP) is 2.82. The molecule has 0 rings (SSSR count). The van der Waals surface area contributed by atoms with Crippen molar-refractivity contribution in [2.45, 2.75) is 58.3 Å². The van der Waals surface area contributed by atoms with Crippen LogP contribution in [0, 0.1) is 5.92 Å². The lowest BCUT2D eigenvalue weighted by atomic mass is 10.0. The Balaban J connectivity index is 3.02. The van der Waals surface area contributed by atoms with Crippen LogP contribution in [0.3, 0.4) is 0 Å². The molecule has 3 nitrogen and oxygen atoms in total. The Bertz CT molecular complexity index is 157. The molecule has 90 valence electrons. The van der Waals surface area contributed by atoms with E-state index in [4.69, 9.17) is 10.2 Å². The highest BCUT2D eigenvalue weighted by molar-refractivity contribution is 5.66. The molecule has 0 radical (unpaired) electrons. The van der Waals surface area contributed by atoms with Crippen LogP contribution in [0.2, 0.25) is 0 Å². The molecule has 0 aromatic heterocycles. The molecule has 0 aromatic rings. The largest absolute Gasteiger partial charge is 0.481 e. The van der Waals surface area contributed by atoms with Crippen molar-refractivity contribution in [2.75, 3.05) is 6.61 Å². The Morgan fingerprint density at radius 1 is 1.07 bits per heavy atom. The van der Waals surface area contributed by atoms with E-state index < -0.39 is 5.97 Å². The van der Waals surface area contributed by atoms with E-state index in [0.717, 1.165) is 25.7 Å². The molecule has 1 atom stereocenters. The highest BCUT2D eigenvalue weighted by Crippen LogP contribution is 2.12. The average molecular weight is 216 g/mol. The lowest BCUT2D eigenvalue weighted by Gasteiger charge is -2.06. The van der Waals surface area contributed by atoms with Gasteiger partial charge in [0.1, 0.15) is 0 Å². The number of hydrogen-bond donors (Lipinski definition) is 2. The van der Waals surface area contributed by atoms with Gasteiger partial charge in [0.15, 0.2) is 0 Å². The summed E-state index contributed by atoms with van der Waals surface area (Å²) < 4.78 is 0. The zero-order valence-corrected chi connectivity index (χ0v) is 9.74. The third-order valence-electron chi connectivity index (χ3n) is 2.65. The summed E-state index contributed by atoms with van der Waals surface area (Å²) in [5.74, 6) is -0.260. The molecule has 1 unspecified atom stereocenters. The molecule has 0 saturated heterocycles. The lowest BCUT2D eigenvalue weighted by Crippen LogP contribution is -1.99. The molecule has 15 heavy (non-hydrogen) atoms. The SMILES string of the molecule is CC(CO)CCCCCCCCC(=O)O. The maximum atomic E-state index is 10.2. The molecule has 0 saturated carbocycles. The average Bonchev–Trinajstić information content (AvgIpc) is 2.21. The van der Waals surface area contributed by atoms with E-state index in [-0.39, 0.29) is 0 Å². The molecular weight excluding hydrogens is 192 g/mol. The highest BCUT2D eigenvalue weighted by atomic mass is 16.4. The fraction of sp³-hybridized carbons (Fsp3) is 0.917. The fourth-order valence-corrected chi connectivity index (χ4v) is 1.57. The molecule has 0 spiro atoms. The van der Waals surface area contributed by atoms with E-state index in [1.807, 2.05) is 0 Å². The number of carbonyl (C=O) groups is 1. The lowest BCUT2D eigenvalue weighted by molar-refractivity contribution is -0.137. The summed E-state index contributed by atoms with van der Waals surface area (Å²) >= 11 is 0. The molecule has 0 fully saturated rings. The Morgan fingerprint density at radius 3 is 2.13 bits per heavy atom. The smallest absolute Gasteiger partial charge is 0.303 e. The van der Waals surface area contributed by atoms with Crippen molar-refractivity contribution >= 4 is 5.97 Å². The highest BCUT2D eigenvalue weighted by Gasteiger charge is 1.99. The third-order valence-corrected chi connectivity index (χ3v) is 2.65. The number of carboxylic acids is 1. The Labute approximate surface area is 92.5 Å². The van der Waals surface area contributed by atoms with Crippen LogP contribution in [0.5, 0.6) is 0 Å². The maximum absolute atomic E-state index is 10.2. The monoisotopic (exact) mass is 216 g/mol. The van der Waals surface area contributed by atoms with E-state index >= 15 is 0 Å². The van der Waals surface area contributed by atoms with Gasteiger partial charge < -0.3 is 10.2 Å². The zero-order valence-electron chi connectivity index (χ0n) is 9.74. The molecule has 0 heterocycles. The Kier molecular flexibility index (Phi) is 9.59. The number of aliphatic carboxylic acids is 1. The second-order valence-electron chi connectivity index (χ2n) is 4.34. The molecular formula is C12H24O3. The van der Waals surface area contributed by atoms with Crippen LogP contribution in [-0.2, 0) is 4.79 Å². The van der Waals surface area contributed by atoms with Crippen molar-refractivity contribution in [3.8, 4) is 0 Å². The number of rotatable bonds is 10. The number of unbranched alkanes of at least 4 members (excludes halogenated alkanes) is 5. The normalized spacial score (nSPS) is 12.7. The fourth-order valence-electron chi connectivity index (χ4n) is 1.57. The van der Waals surface area contributed by atoms with Gasteiger partial charge in [0, 0.05) is 13.0 Å². The van der Waals surface area contributed by atoms with E-state index in [0.29, 0.717) is 18.9 Å². The van der Waals surface area contributed by atoms with Crippen molar-refractivity contribution in [1.29, 1.82) is 0 Å². The van der Waals surface area contributed by atoms with Gasteiger partial charge in [-0.1, -0.05) is 39.0 Å². The quantitative estimate of drug-likeness (QED) is 0.552. The van der Waals surface area contributed by atoms with Crippen LogP contribution in [0.1, 0.15) is 58.3 Å². The second kappa shape index (κ2) is 9.97. The maximum Gasteiger partial charge on any atom is 0.303 e. The molecule has 0 aliphatic rings. The van der Waals surface area contributed by atoms with Gasteiger partial charge in [-0.25, -0.2) is 0 Å². The van der Waals surface area contributed by atoms with E-state index in [1.165, 1.54) is 19.3 Å². The zero-order chi connectivity index (χ0) is 11.5. The Hall–Kier alpha value is -0.570. The summed E-state index contributed by atoms with van der Waals surface area (Å²) in [6, 6.07) is 0. The van der Waals surface area contributed by atoms with Gasteiger partial charge >= 0.3 is 5.97 Å². The summed E-state index contributed by atoms with van der Waals surface area (Å²) in [6.45, 7) is 2.35. The summed E-state index contributed by atoms with van der Waals surface area (Å²) in [5, 5.41) is 17.2. The first-order valence-corrected chi connectivity index (χ1v) is 5.99. The van der Waals surface area contributed by atoms with Gasteiger partial charge in [-0.3, -0.25) is 4.79 Å². The minimum atomic E-state index is -0.688. The van der Waals surface area contributed by atoms with Crippen LogP contribution in [0.25, 0.3) is 0 Å². The van der Waals surface area contributed by atoms with Crippen LogP contribution >= 0.6 is 0 Å². The number of hydrogen-bond acceptors (Lipinski definition) is 2. The molecule has 0 amide bonds. The van der Waals surface area contributed by atoms with E-state index in [1.54, 1.807) is 0 Å². The summed E-state index contributed by atoms with van der Waals surface area (Å²) in [6.07, 6.45) is 7.97. The molecule has 0 bridgehead atoms. The van der Waals surface area contributed by atoms with Crippen molar-refractivity contribution in [1.82, 2.24) is 0 Å². The van der Waals surface area contributed by atoms with Crippen LogP contribution in [-0.4, -0.2) is 22.8 Å². The van der Waals surface area contributed by atoms with Crippen molar-refractivity contribution in [3.63, 3.8) is 0 Å². The number of carboxylic acid groups (broad SMARTS) is 1. The van der Waals surface area contributed by atoms with Crippen LogP contribution in [0.4, 0.5) is 0 Å². The molecule has 3 heteroatoms. The number of aliphatic hydroxyl groups excluding tert-OH is 1. The summed E-state index contributed by atoms with van der Waals surface area (Å²) in [5.41, 5.74) is 0. The molecule has 0 aliphatic heterocycles. The van der Waals surface area contributed by atoms with E-state index in [9.17, 15) is 4.79 Å². The third kappa shape index (κ3) is 11.4.